The molecule has 5 nitrogen and oxygen atoms in total. The number of rotatable bonds is 0. The van der Waals surface area contributed by atoms with E-state index in [1.54, 1.807) is 13.0 Å². The first-order valence-electron chi connectivity index (χ1n) is 7.14. The number of nitrogens with zero attached hydrogens (tertiary/aromatic N) is 1. The van der Waals surface area contributed by atoms with Crippen LogP contribution in [-0.2, 0) is 10.2 Å². The van der Waals surface area contributed by atoms with Gasteiger partial charge in [-0.1, -0.05) is 26.8 Å². The molecule has 3 rings (SSSR count). The van der Waals surface area contributed by atoms with Crippen LogP contribution in [0.1, 0.15) is 33.3 Å². The quantitative estimate of drug-likeness (QED) is 0.769. The summed E-state index contributed by atoms with van der Waals surface area (Å²) < 4.78 is 11.3. The Labute approximate surface area is 130 Å². The van der Waals surface area contributed by atoms with E-state index in [0.717, 1.165) is 5.69 Å². The Morgan fingerprint density at radius 1 is 1.32 bits per heavy atom. The number of allylic oxidation sites excluding steroid dienone is 1. The number of nitriles is 1. The van der Waals surface area contributed by atoms with Gasteiger partial charge in [0.1, 0.15) is 17.6 Å². The van der Waals surface area contributed by atoms with Gasteiger partial charge in [0.2, 0.25) is 11.6 Å². The van der Waals surface area contributed by atoms with Crippen molar-refractivity contribution < 1.29 is 9.47 Å². The van der Waals surface area contributed by atoms with Crippen molar-refractivity contribution in [2.45, 2.75) is 38.8 Å². The van der Waals surface area contributed by atoms with Crippen LogP contribution in [-0.4, -0.2) is 5.72 Å². The van der Waals surface area contributed by atoms with Gasteiger partial charge in [-0.15, -0.1) is 0 Å². The first-order valence-corrected chi connectivity index (χ1v) is 7.14. The van der Waals surface area contributed by atoms with E-state index in [0.29, 0.717) is 11.5 Å². The van der Waals surface area contributed by atoms with E-state index in [1.165, 1.54) is 5.56 Å². The first-order chi connectivity index (χ1) is 10.2. The lowest BCUT2D eigenvalue weighted by atomic mass is 9.87. The van der Waals surface area contributed by atoms with Gasteiger partial charge in [0, 0.05) is 6.08 Å². The minimum atomic E-state index is -1.08. The molecule has 114 valence electrons. The number of nitrogens with two attached hydrogens (primary N) is 1. The molecule has 1 spiro atoms. The van der Waals surface area contributed by atoms with E-state index >= 15 is 0 Å². The van der Waals surface area contributed by atoms with Gasteiger partial charge in [-0.05, 0) is 30.0 Å². The lowest BCUT2D eigenvalue weighted by Gasteiger charge is -2.30. The molecule has 0 saturated heterocycles. The fourth-order valence-electron chi connectivity index (χ4n) is 2.69. The van der Waals surface area contributed by atoms with Gasteiger partial charge in [-0.25, -0.2) is 0 Å². The summed E-state index contributed by atoms with van der Waals surface area (Å²) in [5.74, 6) is 1.35. The van der Waals surface area contributed by atoms with E-state index < -0.39 is 5.72 Å². The van der Waals surface area contributed by atoms with Gasteiger partial charge in [-0.3, -0.25) is 0 Å². The molecule has 22 heavy (non-hydrogen) atoms. The number of fused-ring (bicyclic) bond motifs is 1. The average molecular weight is 297 g/mol. The molecule has 0 saturated carbocycles. The highest BCUT2D eigenvalue weighted by Gasteiger charge is 2.46. The fraction of sp³-hybridized carbons (Fsp3) is 0.353. The van der Waals surface area contributed by atoms with Crippen LogP contribution < -0.4 is 15.8 Å². The second-order valence-electron chi connectivity index (χ2n) is 6.63. The monoisotopic (exact) mass is 297 g/mol. The molecule has 1 atom stereocenters. The minimum absolute atomic E-state index is 0.0286. The summed E-state index contributed by atoms with van der Waals surface area (Å²) in [5, 5.41) is 12.7. The van der Waals surface area contributed by atoms with Crippen molar-refractivity contribution in [3.05, 3.63) is 47.1 Å². The zero-order valence-corrected chi connectivity index (χ0v) is 13.2. The normalized spacial score (nSPS) is 23.1. The van der Waals surface area contributed by atoms with Crippen molar-refractivity contribution in [2.24, 2.45) is 5.73 Å². The van der Waals surface area contributed by atoms with Crippen LogP contribution in [0.2, 0.25) is 0 Å². The Morgan fingerprint density at radius 2 is 2.05 bits per heavy atom. The van der Waals surface area contributed by atoms with Gasteiger partial charge in [0.25, 0.3) is 0 Å². The maximum atomic E-state index is 9.42. The molecule has 0 fully saturated rings. The molecule has 0 unspecified atom stereocenters. The number of benzene rings is 1. The maximum absolute atomic E-state index is 9.42. The second kappa shape index (κ2) is 4.44. The molecule has 0 aromatic heterocycles. The van der Waals surface area contributed by atoms with Gasteiger partial charge >= 0.3 is 0 Å². The van der Waals surface area contributed by atoms with Crippen LogP contribution >= 0.6 is 0 Å². The maximum Gasteiger partial charge on any atom is 0.245 e. The highest BCUT2D eigenvalue weighted by atomic mass is 16.5. The Kier molecular flexibility index (Phi) is 2.89. The first kappa shape index (κ1) is 14.3. The molecule has 5 heteroatoms. The van der Waals surface area contributed by atoms with Crippen LogP contribution in [0.4, 0.5) is 5.69 Å². The molecule has 1 aromatic rings. The van der Waals surface area contributed by atoms with Crippen molar-refractivity contribution in [1.82, 2.24) is 0 Å². The molecule has 2 aliphatic rings. The largest absolute Gasteiger partial charge is 0.457 e. The summed E-state index contributed by atoms with van der Waals surface area (Å²) in [6.45, 7) is 8.23. The zero-order valence-electron chi connectivity index (χ0n) is 13.2. The van der Waals surface area contributed by atoms with Gasteiger partial charge < -0.3 is 20.5 Å². The third kappa shape index (κ3) is 2.08. The summed E-state index contributed by atoms with van der Waals surface area (Å²) in [6.07, 6.45) is 1.73. The Hall–Kier alpha value is -2.61. The summed E-state index contributed by atoms with van der Waals surface area (Å²) in [6, 6.07) is 8.09. The van der Waals surface area contributed by atoms with E-state index in [9.17, 15) is 5.26 Å². The molecule has 0 amide bonds. The van der Waals surface area contributed by atoms with Crippen LogP contribution in [0.15, 0.2) is 41.5 Å². The lowest BCUT2D eigenvalue weighted by molar-refractivity contribution is 0.175. The molecular formula is C17H19N3O2. The highest BCUT2D eigenvalue weighted by molar-refractivity contribution is 5.68. The van der Waals surface area contributed by atoms with Crippen molar-refractivity contribution in [1.29, 1.82) is 5.26 Å². The smallest absolute Gasteiger partial charge is 0.245 e. The van der Waals surface area contributed by atoms with E-state index in [4.69, 9.17) is 15.2 Å². The number of hydrogen-bond acceptors (Lipinski definition) is 5. The third-order valence-electron chi connectivity index (χ3n) is 3.84. The van der Waals surface area contributed by atoms with E-state index in [-0.39, 0.29) is 16.9 Å². The predicted molar refractivity (Wildman–Crippen MR) is 83.8 cm³/mol. The molecule has 3 N–H and O–H groups in total. The number of nitrogens with one attached hydrogen (secondary N) is 1. The molecule has 2 aliphatic heterocycles. The topological polar surface area (TPSA) is 80.3 Å². The van der Waals surface area contributed by atoms with Crippen molar-refractivity contribution in [2.75, 3.05) is 5.32 Å². The van der Waals surface area contributed by atoms with E-state index in [1.807, 2.05) is 18.2 Å². The van der Waals surface area contributed by atoms with Crippen LogP contribution in [0, 0.1) is 11.3 Å². The van der Waals surface area contributed by atoms with Gasteiger partial charge in [0.05, 0.1) is 5.69 Å². The van der Waals surface area contributed by atoms with E-state index in [2.05, 4.69) is 32.2 Å². The Bertz CT molecular complexity index is 750. The van der Waals surface area contributed by atoms with Crippen LogP contribution in [0.25, 0.3) is 0 Å². The van der Waals surface area contributed by atoms with Crippen molar-refractivity contribution in [3.63, 3.8) is 0 Å². The SMILES string of the molecule is CC1=C[C@@]2(Nc3cc(C(C)(C)C)ccc3O2)C(C#N)=C(N)O1. The standard InChI is InChI=1S/C17H19N3O2/c1-10-8-17(12(9-18)15(19)21-10)20-13-7-11(16(2,3)4)5-6-14(13)22-17/h5-8,20H,19H2,1-4H3/t17-/m0/s1. The minimum Gasteiger partial charge on any atom is -0.457 e. The summed E-state index contributed by atoms with van der Waals surface area (Å²) in [5.41, 5.74) is 7.05. The average Bonchev–Trinajstić information content (AvgIpc) is 2.73. The number of ether oxygens (including phenoxy) is 2. The van der Waals surface area contributed by atoms with Gasteiger partial charge in [0.15, 0.2) is 5.57 Å². The molecule has 0 radical (unpaired) electrons. The Balaban J connectivity index is 2.07. The highest BCUT2D eigenvalue weighted by Crippen LogP contribution is 2.44. The van der Waals surface area contributed by atoms with Crippen molar-refractivity contribution >= 4 is 5.69 Å². The van der Waals surface area contributed by atoms with Crippen molar-refractivity contribution in [3.8, 4) is 11.8 Å². The van der Waals surface area contributed by atoms with Crippen LogP contribution in [0.5, 0.6) is 5.75 Å². The molecule has 0 bridgehead atoms. The van der Waals surface area contributed by atoms with Crippen LogP contribution in [0.3, 0.4) is 0 Å². The third-order valence-corrected chi connectivity index (χ3v) is 3.84. The number of anilines is 1. The zero-order chi connectivity index (χ0) is 16.1. The predicted octanol–water partition coefficient (Wildman–Crippen LogP) is 3.11. The molecule has 0 aliphatic carbocycles. The molecule has 1 aromatic carbocycles. The molecule has 2 heterocycles. The van der Waals surface area contributed by atoms with Gasteiger partial charge in [-0.2, -0.15) is 5.26 Å². The summed E-state index contributed by atoms with van der Waals surface area (Å²) in [4.78, 5) is 0. The molecular weight excluding hydrogens is 278 g/mol. The fourth-order valence-corrected chi connectivity index (χ4v) is 2.69. The summed E-state index contributed by atoms with van der Waals surface area (Å²) in [7, 11) is 0. The summed E-state index contributed by atoms with van der Waals surface area (Å²) >= 11 is 0. The Morgan fingerprint density at radius 3 is 2.68 bits per heavy atom. The second-order valence-corrected chi connectivity index (χ2v) is 6.63. The lowest BCUT2D eigenvalue weighted by Crippen LogP contribution is -2.44. The number of hydrogen-bond donors (Lipinski definition) is 2.